The Morgan fingerprint density at radius 1 is 1.38 bits per heavy atom. The molecule has 0 atom stereocenters. The van der Waals surface area contributed by atoms with Gasteiger partial charge in [-0.2, -0.15) is 0 Å². The normalized spacial score (nSPS) is 11.2. The Hall–Kier alpha value is -1.49. The van der Waals surface area contributed by atoms with E-state index in [9.17, 15) is 0 Å². The minimum Gasteiger partial charge on any atom is -0.422 e. The molecular formula is C8H7N3OS. The lowest BCUT2D eigenvalue weighted by molar-refractivity contribution is 0.510. The van der Waals surface area contributed by atoms with E-state index in [0.29, 0.717) is 11.8 Å². The second-order valence-electron chi connectivity index (χ2n) is 2.41. The van der Waals surface area contributed by atoms with Gasteiger partial charge in [-0.1, -0.05) is 0 Å². The first kappa shape index (κ1) is 8.12. The number of hydrogen-bond acceptors (Lipinski definition) is 5. The first-order chi connectivity index (χ1) is 6.34. The van der Waals surface area contributed by atoms with Crippen LogP contribution < -0.4 is 0 Å². The fraction of sp³-hybridized carbons (Fsp3) is 0.125. The average Bonchev–Trinajstić information content (AvgIpc) is 2.71. The molecule has 0 aromatic carbocycles. The van der Waals surface area contributed by atoms with Gasteiger partial charge >= 0.3 is 0 Å². The van der Waals surface area contributed by atoms with Gasteiger partial charge in [-0.15, -0.1) is 21.5 Å². The smallest absolute Gasteiger partial charge is 0.240 e. The summed E-state index contributed by atoms with van der Waals surface area (Å²) in [7, 11) is 0. The van der Waals surface area contributed by atoms with E-state index in [-0.39, 0.29) is 0 Å². The van der Waals surface area contributed by atoms with Crippen LogP contribution >= 0.6 is 11.3 Å². The van der Waals surface area contributed by atoms with Crippen molar-refractivity contribution in [2.24, 2.45) is 0 Å². The highest BCUT2D eigenvalue weighted by atomic mass is 32.1. The Bertz CT molecular complexity index is 405. The molecule has 0 aliphatic rings. The maximum Gasteiger partial charge on any atom is 0.240 e. The van der Waals surface area contributed by atoms with E-state index < -0.39 is 0 Å². The van der Waals surface area contributed by atoms with Crippen LogP contribution in [0.15, 0.2) is 15.3 Å². The van der Waals surface area contributed by atoms with Crippen molar-refractivity contribution in [3.63, 3.8) is 0 Å². The summed E-state index contributed by atoms with van der Waals surface area (Å²) in [6.45, 7) is 1.76. The van der Waals surface area contributed by atoms with Gasteiger partial charge in [0.25, 0.3) is 0 Å². The lowest BCUT2D eigenvalue weighted by Gasteiger charge is -1.80. The average molecular weight is 193 g/mol. The molecule has 0 N–H and O–H groups in total. The van der Waals surface area contributed by atoms with Gasteiger partial charge in [-0.25, -0.2) is 4.98 Å². The fourth-order valence-corrected chi connectivity index (χ4v) is 1.36. The maximum atomic E-state index is 5.15. The summed E-state index contributed by atoms with van der Waals surface area (Å²) in [5.74, 6) is 1.07. The molecule has 0 saturated carbocycles. The van der Waals surface area contributed by atoms with E-state index in [1.807, 2.05) is 11.5 Å². The zero-order chi connectivity index (χ0) is 9.10. The molecule has 0 saturated heterocycles. The van der Waals surface area contributed by atoms with Crippen molar-refractivity contribution >= 4 is 23.5 Å². The van der Waals surface area contributed by atoms with Crippen LogP contribution in [-0.4, -0.2) is 15.2 Å². The van der Waals surface area contributed by atoms with Crippen LogP contribution in [0.25, 0.3) is 12.2 Å². The second-order valence-corrected chi connectivity index (χ2v) is 3.12. The van der Waals surface area contributed by atoms with E-state index in [1.54, 1.807) is 29.8 Å². The lowest BCUT2D eigenvalue weighted by Crippen LogP contribution is -1.71. The minimum atomic E-state index is 0.505. The Kier molecular flexibility index (Phi) is 2.18. The van der Waals surface area contributed by atoms with Crippen LogP contribution in [0.1, 0.15) is 17.5 Å². The lowest BCUT2D eigenvalue weighted by atomic mass is 10.4. The van der Waals surface area contributed by atoms with Gasteiger partial charge in [0.2, 0.25) is 11.8 Å². The van der Waals surface area contributed by atoms with E-state index >= 15 is 0 Å². The van der Waals surface area contributed by atoms with Crippen LogP contribution in [0.4, 0.5) is 0 Å². The number of hydrogen-bond donors (Lipinski definition) is 0. The van der Waals surface area contributed by atoms with E-state index in [2.05, 4.69) is 15.2 Å². The summed E-state index contributed by atoms with van der Waals surface area (Å²) in [6.07, 6.45) is 3.58. The van der Waals surface area contributed by atoms with Gasteiger partial charge in [0, 0.05) is 18.4 Å². The quantitative estimate of drug-likeness (QED) is 0.732. The number of thiazole rings is 1. The van der Waals surface area contributed by atoms with E-state index in [0.717, 1.165) is 5.69 Å². The third kappa shape index (κ3) is 2.00. The molecule has 4 nitrogen and oxygen atoms in total. The van der Waals surface area contributed by atoms with Crippen LogP contribution in [0.5, 0.6) is 0 Å². The number of aryl methyl sites for hydroxylation is 1. The molecule has 66 valence electrons. The molecule has 0 fully saturated rings. The Morgan fingerprint density at radius 2 is 2.31 bits per heavy atom. The maximum absolute atomic E-state index is 5.15. The van der Waals surface area contributed by atoms with Crippen molar-refractivity contribution in [1.82, 2.24) is 15.2 Å². The zero-order valence-electron chi connectivity index (χ0n) is 6.97. The molecule has 5 heteroatoms. The fourth-order valence-electron chi connectivity index (χ4n) is 0.840. The molecular weight excluding hydrogens is 186 g/mol. The van der Waals surface area contributed by atoms with Gasteiger partial charge in [0.15, 0.2) is 0 Å². The first-order valence-electron chi connectivity index (χ1n) is 3.71. The molecule has 0 amide bonds. The molecule has 0 aliphatic heterocycles. The number of aromatic nitrogens is 3. The molecule has 2 heterocycles. The van der Waals surface area contributed by atoms with Gasteiger partial charge in [-0.05, 0) is 6.08 Å². The molecule has 0 unspecified atom stereocenters. The highest BCUT2D eigenvalue weighted by Crippen LogP contribution is 2.07. The molecule has 0 aliphatic carbocycles. The predicted molar refractivity (Wildman–Crippen MR) is 50.1 cm³/mol. The number of rotatable bonds is 2. The summed E-state index contributed by atoms with van der Waals surface area (Å²) >= 11 is 1.55. The van der Waals surface area contributed by atoms with Crippen molar-refractivity contribution < 1.29 is 4.42 Å². The molecule has 0 radical (unpaired) electrons. The third-order valence-corrected chi connectivity index (χ3v) is 1.99. The largest absolute Gasteiger partial charge is 0.422 e. The van der Waals surface area contributed by atoms with Gasteiger partial charge in [-0.3, -0.25) is 0 Å². The van der Waals surface area contributed by atoms with Gasteiger partial charge < -0.3 is 4.42 Å². The van der Waals surface area contributed by atoms with E-state index in [1.165, 1.54) is 0 Å². The van der Waals surface area contributed by atoms with Crippen molar-refractivity contribution in [3.8, 4) is 0 Å². The van der Waals surface area contributed by atoms with Gasteiger partial charge in [0.1, 0.15) is 0 Å². The molecule has 2 aromatic heterocycles. The van der Waals surface area contributed by atoms with Crippen LogP contribution in [0, 0.1) is 6.92 Å². The van der Waals surface area contributed by atoms with Crippen LogP contribution in [0.2, 0.25) is 0 Å². The van der Waals surface area contributed by atoms with Crippen LogP contribution in [-0.2, 0) is 0 Å². The second kappa shape index (κ2) is 3.49. The topological polar surface area (TPSA) is 51.8 Å². The summed E-state index contributed by atoms with van der Waals surface area (Å²) in [5, 5.41) is 9.46. The van der Waals surface area contributed by atoms with Gasteiger partial charge in [0.05, 0.1) is 11.2 Å². The van der Waals surface area contributed by atoms with E-state index in [4.69, 9.17) is 4.42 Å². The molecule has 0 bridgehead atoms. The Balaban J connectivity index is 2.14. The summed E-state index contributed by atoms with van der Waals surface area (Å²) in [5.41, 5.74) is 2.68. The standard InChI is InChI=1S/C8H7N3OS/c1-6-10-11-8(12-6)3-2-7-4-13-5-9-7/h2-5H,1H3/b3-2+. The molecule has 2 rings (SSSR count). The summed E-state index contributed by atoms with van der Waals surface area (Å²) in [6, 6.07) is 0. The summed E-state index contributed by atoms with van der Waals surface area (Å²) < 4.78 is 5.15. The predicted octanol–water partition coefficient (Wildman–Crippen LogP) is 2.00. The SMILES string of the molecule is Cc1nnc(/C=C/c2cscn2)o1. The molecule has 13 heavy (non-hydrogen) atoms. The highest BCUT2D eigenvalue weighted by molar-refractivity contribution is 7.07. The Labute approximate surface area is 79.0 Å². The zero-order valence-corrected chi connectivity index (χ0v) is 7.78. The molecule has 2 aromatic rings. The first-order valence-corrected chi connectivity index (χ1v) is 4.65. The highest BCUT2D eigenvalue weighted by Gasteiger charge is 1.96. The summed E-state index contributed by atoms with van der Waals surface area (Å²) in [4.78, 5) is 4.08. The Morgan fingerprint density at radius 3 is 2.92 bits per heavy atom. The van der Waals surface area contributed by atoms with Crippen molar-refractivity contribution in [2.45, 2.75) is 6.92 Å². The monoisotopic (exact) mass is 193 g/mol. The van der Waals surface area contributed by atoms with Crippen molar-refractivity contribution in [2.75, 3.05) is 0 Å². The van der Waals surface area contributed by atoms with Crippen molar-refractivity contribution in [3.05, 3.63) is 28.4 Å². The number of nitrogens with zero attached hydrogens (tertiary/aromatic N) is 3. The van der Waals surface area contributed by atoms with Crippen LogP contribution in [0.3, 0.4) is 0 Å². The van der Waals surface area contributed by atoms with Crippen molar-refractivity contribution in [1.29, 1.82) is 0 Å². The third-order valence-electron chi connectivity index (χ3n) is 1.39. The minimum absolute atomic E-state index is 0.505. The molecule has 0 spiro atoms.